The summed E-state index contributed by atoms with van der Waals surface area (Å²) in [6.07, 6.45) is 0.972. The molecule has 2 aromatic carbocycles. The van der Waals surface area contributed by atoms with Gasteiger partial charge in [0.15, 0.2) is 0 Å². The van der Waals surface area contributed by atoms with E-state index in [1.807, 2.05) is 0 Å². The number of carbonyl (C=O) groups excluding carboxylic acids is 1. The Kier molecular flexibility index (Phi) is 5.71. The molecular weight excluding hydrogens is 357 g/mol. The highest BCUT2D eigenvalue weighted by Gasteiger charge is 2.13. The zero-order valence-corrected chi connectivity index (χ0v) is 14.1. The van der Waals surface area contributed by atoms with Gasteiger partial charge in [-0.2, -0.15) is 0 Å². The first kappa shape index (κ1) is 18.4. The zero-order chi connectivity index (χ0) is 19.2. The molecule has 3 aromatic rings. The monoisotopic (exact) mass is 372 g/mol. The van der Waals surface area contributed by atoms with E-state index in [1.54, 1.807) is 18.2 Å². The van der Waals surface area contributed by atoms with Gasteiger partial charge in [-0.05, 0) is 35.9 Å². The highest BCUT2D eigenvalue weighted by Crippen LogP contribution is 2.18. The molecule has 0 atom stereocenters. The van der Waals surface area contributed by atoms with Crippen molar-refractivity contribution in [1.29, 1.82) is 0 Å². The summed E-state index contributed by atoms with van der Waals surface area (Å²) in [7, 11) is 0. The van der Waals surface area contributed by atoms with Crippen LogP contribution in [-0.2, 0) is 17.8 Å². The number of benzene rings is 2. The second-order valence-corrected chi connectivity index (χ2v) is 5.72. The Morgan fingerprint density at radius 3 is 2.41 bits per heavy atom. The Labute approximate surface area is 153 Å². The molecule has 0 aliphatic heterocycles. The van der Waals surface area contributed by atoms with Gasteiger partial charge in [0.05, 0.1) is 6.42 Å². The smallest absolute Gasteiger partial charge is 0.230 e. The molecule has 1 amide bonds. The van der Waals surface area contributed by atoms with E-state index in [0.717, 1.165) is 17.7 Å². The van der Waals surface area contributed by atoms with E-state index in [4.69, 9.17) is 4.74 Å². The molecule has 0 aliphatic rings. The fourth-order valence-corrected chi connectivity index (χ4v) is 2.37. The molecule has 1 heterocycles. The zero-order valence-electron chi connectivity index (χ0n) is 14.1. The summed E-state index contributed by atoms with van der Waals surface area (Å²) >= 11 is 0. The minimum atomic E-state index is -0.783. The molecule has 0 saturated heterocycles. The molecule has 1 aromatic heterocycles. The maximum Gasteiger partial charge on any atom is 0.230 e. The first-order valence-electron chi connectivity index (χ1n) is 8.07. The molecule has 0 radical (unpaired) electrons. The number of rotatable bonds is 6. The maximum absolute atomic E-state index is 13.6. The van der Waals surface area contributed by atoms with Crippen LogP contribution in [0.4, 0.5) is 19.0 Å². The van der Waals surface area contributed by atoms with Gasteiger partial charge in [-0.1, -0.05) is 18.2 Å². The Bertz CT molecular complexity index is 926. The van der Waals surface area contributed by atoms with Gasteiger partial charge in [-0.3, -0.25) is 4.79 Å². The van der Waals surface area contributed by atoms with Crippen molar-refractivity contribution < 1.29 is 22.7 Å². The van der Waals surface area contributed by atoms with Crippen molar-refractivity contribution in [2.45, 2.75) is 13.0 Å². The number of anilines is 1. The molecule has 0 bridgehead atoms. The maximum atomic E-state index is 13.6. The quantitative estimate of drug-likeness (QED) is 0.703. The van der Waals surface area contributed by atoms with Crippen LogP contribution in [-0.4, -0.2) is 10.9 Å². The lowest BCUT2D eigenvalue weighted by Gasteiger charge is -2.09. The number of pyridine rings is 1. The number of nitrogens with one attached hydrogen (secondary N) is 1. The first-order chi connectivity index (χ1) is 13.0. The first-order valence-corrected chi connectivity index (χ1v) is 8.07. The summed E-state index contributed by atoms with van der Waals surface area (Å²) in [5, 5.41) is 2.48. The number of ether oxygens (including phenoxy) is 1. The number of hydrogen-bond acceptors (Lipinski definition) is 3. The molecule has 7 heteroatoms. The second-order valence-electron chi connectivity index (χ2n) is 5.72. The molecule has 0 fully saturated rings. The molecule has 1 N–H and O–H groups in total. The molecule has 3 rings (SSSR count). The lowest BCUT2D eigenvalue weighted by Crippen LogP contribution is -2.17. The van der Waals surface area contributed by atoms with Gasteiger partial charge in [0.1, 0.15) is 35.6 Å². The number of aromatic nitrogens is 1. The number of carbonyl (C=O) groups is 1. The molecular formula is C20H15F3N2O2. The van der Waals surface area contributed by atoms with Crippen molar-refractivity contribution in [1.82, 2.24) is 4.98 Å². The summed E-state index contributed by atoms with van der Waals surface area (Å²) in [5.74, 6) is -1.89. The van der Waals surface area contributed by atoms with Crippen LogP contribution in [0.3, 0.4) is 0 Å². The fraction of sp³-hybridized carbons (Fsp3) is 0.100. The number of nitrogens with zero attached hydrogens (tertiary/aromatic N) is 1. The van der Waals surface area contributed by atoms with Crippen LogP contribution in [0.25, 0.3) is 0 Å². The third-order valence-electron chi connectivity index (χ3n) is 3.72. The van der Waals surface area contributed by atoms with Crippen LogP contribution >= 0.6 is 0 Å². The third-order valence-corrected chi connectivity index (χ3v) is 3.72. The van der Waals surface area contributed by atoms with Crippen molar-refractivity contribution in [2.24, 2.45) is 0 Å². The lowest BCUT2D eigenvalue weighted by molar-refractivity contribution is -0.115. The highest BCUT2D eigenvalue weighted by molar-refractivity contribution is 5.91. The summed E-state index contributed by atoms with van der Waals surface area (Å²) < 4.78 is 45.7. The van der Waals surface area contributed by atoms with E-state index >= 15 is 0 Å². The Balaban J connectivity index is 1.61. The third kappa shape index (κ3) is 5.07. The van der Waals surface area contributed by atoms with E-state index in [9.17, 15) is 18.0 Å². The van der Waals surface area contributed by atoms with Gasteiger partial charge in [0.2, 0.25) is 5.91 Å². The Hall–Kier alpha value is -3.35. The molecule has 0 saturated carbocycles. The van der Waals surface area contributed by atoms with Gasteiger partial charge in [-0.15, -0.1) is 0 Å². The predicted molar refractivity (Wildman–Crippen MR) is 93.7 cm³/mol. The highest BCUT2D eigenvalue weighted by atomic mass is 19.1. The van der Waals surface area contributed by atoms with E-state index < -0.39 is 24.0 Å². The molecule has 4 nitrogen and oxygen atoms in total. The van der Waals surface area contributed by atoms with Crippen LogP contribution in [0.2, 0.25) is 0 Å². The van der Waals surface area contributed by atoms with E-state index in [0.29, 0.717) is 5.75 Å². The lowest BCUT2D eigenvalue weighted by atomic mass is 10.1. The molecule has 0 unspecified atom stereocenters. The number of halogens is 3. The molecule has 0 aliphatic carbocycles. The van der Waals surface area contributed by atoms with Crippen molar-refractivity contribution in [2.75, 3.05) is 5.32 Å². The summed E-state index contributed by atoms with van der Waals surface area (Å²) in [6.45, 7) is 0.206. The van der Waals surface area contributed by atoms with Gasteiger partial charge in [0.25, 0.3) is 0 Å². The minimum Gasteiger partial charge on any atom is -0.489 e. The summed E-state index contributed by atoms with van der Waals surface area (Å²) in [5.41, 5.74) is 0.465. The second kappa shape index (κ2) is 8.35. The molecule has 138 valence electrons. The SMILES string of the molecule is O=C(Cc1c(F)cccc1F)Nc1cc(OCc2ccc(F)cc2)ccn1. The van der Waals surface area contributed by atoms with E-state index in [-0.39, 0.29) is 23.8 Å². The number of hydrogen-bond donors (Lipinski definition) is 1. The van der Waals surface area contributed by atoms with Gasteiger partial charge in [0, 0.05) is 17.8 Å². The topological polar surface area (TPSA) is 51.2 Å². The standard InChI is InChI=1S/C20H15F3N2O2/c21-14-6-4-13(5-7-14)12-27-15-8-9-24-19(10-15)25-20(26)11-16-17(22)2-1-3-18(16)23/h1-10H,11-12H2,(H,24,25,26). The molecule has 27 heavy (non-hydrogen) atoms. The predicted octanol–water partition coefficient (Wildman–Crippen LogP) is 4.26. The van der Waals surface area contributed by atoms with Crippen LogP contribution < -0.4 is 10.1 Å². The minimum absolute atomic E-state index is 0.188. The average Bonchev–Trinajstić information content (AvgIpc) is 2.65. The summed E-state index contributed by atoms with van der Waals surface area (Å²) in [4.78, 5) is 16.0. The van der Waals surface area contributed by atoms with Gasteiger partial charge < -0.3 is 10.1 Å². The Morgan fingerprint density at radius 1 is 1.00 bits per heavy atom. The van der Waals surface area contributed by atoms with Gasteiger partial charge in [-0.25, -0.2) is 18.2 Å². The summed E-state index contributed by atoms with van der Waals surface area (Å²) in [6, 6.07) is 12.4. The van der Waals surface area contributed by atoms with Crippen molar-refractivity contribution in [3.05, 3.63) is 89.4 Å². The largest absolute Gasteiger partial charge is 0.489 e. The van der Waals surface area contributed by atoms with Crippen LogP contribution in [0.5, 0.6) is 5.75 Å². The van der Waals surface area contributed by atoms with E-state index in [1.165, 1.54) is 30.5 Å². The van der Waals surface area contributed by atoms with Crippen molar-refractivity contribution >= 4 is 11.7 Å². The normalized spacial score (nSPS) is 10.5. The van der Waals surface area contributed by atoms with Gasteiger partial charge >= 0.3 is 0 Å². The molecule has 0 spiro atoms. The number of amides is 1. The van der Waals surface area contributed by atoms with Crippen LogP contribution in [0, 0.1) is 17.5 Å². The fourth-order valence-electron chi connectivity index (χ4n) is 2.37. The van der Waals surface area contributed by atoms with Crippen LogP contribution in [0.1, 0.15) is 11.1 Å². The van der Waals surface area contributed by atoms with Crippen molar-refractivity contribution in [3.8, 4) is 5.75 Å². The van der Waals surface area contributed by atoms with Crippen molar-refractivity contribution in [3.63, 3.8) is 0 Å². The van der Waals surface area contributed by atoms with Crippen LogP contribution in [0.15, 0.2) is 60.8 Å². The Morgan fingerprint density at radius 2 is 1.70 bits per heavy atom. The van der Waals surface area contributed by atoms with E-state index in [2.05, 4.69) is 10.3 Å². The average molecular weight is 372 g/mol.